The van der Waals surface area contributed by atoms with Crippen molar-refractivity contribution >= 4 is 11.4 Å². The summed E-state index contributed by atoms with van der Waals surface area (Å²) in [4.78, 5) is 4.25. The Kier molecular flexibility index (Phi) is 6.46. The Balaban J connectivity index is 1.74. The zero-order valence-electron chi connectivity index (χ0n) is 19.2. The molecule has 4 aromatic rings. The predicted molar refractivity (Wildman–Crippen MR) is 135 cm³/mol. The van der Waals surface area contributed by atoms with Crippen LogP contribution < -0.4 is 14.5 Å². The van der Waals surface area contributed by atoms with E-state index in [4.69, 9.17) is 4.74 Å². The second kappa shape index (κ2) is 9.61. The minimum atomic E-state index is 0.113. The molecule has 4 aromatic carbocycles. The summed E-state index contributed by atoms with van der Waals surface area (Å²) in [6.07, 6.45) is 0. The maximum atomic E-state index is 6.13. The van der Waals surface area contributed by atoms with Crippen LogP contribution in [0.5, 0.6) is 11.5 Å². The van der Waals surface area contributed by atoms with Crippen molar-refractivity contribution in [3.8, 4) is 11.5 Å². The largest absolute Gasteiger partial charge is 0.457 e. The lowest BCUT2D eigenvalue weighted by atomic mass is 9.85. The smallest absolute Gasteiger partial charge is 0.127 e. The van der Waals surface area contributed by atoms with Gasteiger partial charge in [-0.2, -0.15) is 0 Å². The van der Waals surface area contributed by atoms with E-state index in [9.17, 15) is 0 Å². The third kappa shape index (κ3) is 4.94. The fraction of sp³-hybridized carbons (Fsp3) is 0.172. The Morgan fingerprint density at radius 1 is 0.500 bits per heavy atom. The first-order valence-electron chi connectivity index (χ1n) is 10.9. The van der Waals surface area contributed by atoms with E-state index in [0.717, 1.165) is 11.5 Å². The highest BCUT2D eigenvalue weighted by Gasteiger charge is 2.18. The fourth-order valence-corrected chi connectivity index (χ4v) is 3.89. The molecule has 0 heterocycles. The molecule has 0 aliphatic carbocycles. The van der Waals surface area contributed by atoms with E-state index < -0.39 is 0 Å². The average Bonchev–Trinajstić information content (AvgIpc) is 2.81. The Hall–Kier alpha value is -3.72. The van der Waals surface area contributed by atoms with Crippen molar-refractivity contribution in [2.75, 3.05) is 38.0 Å². The highest BCUT2D eigenvalue weighted by molar-refractivity contribution is 5.54. The first-order valence-corrected chi connectivity index (χ1v) is 10.9. The highest BCUT2D eigenvalue weighted by atomic mass is 16.5. The molecule has 0 saturated carbocycles. The van der Waals surface area contributed by atoms with Crippen LogP contribution in [0.4, 0.5) is 11.4 Å². The van der Waals surface area contributed by atoms with Gasteiger partial charge >= 0.3 is 0 Å². The van der Waals surface area contributed by atoms with Crippen LogP contribution >= 0.6 is 0 Å². The predicted octanol–water partition coefficient (Wildman–Crippen LogP) is 6.79. The van der Waals surface area contributed by atoms with E-state index in [1.165, 1.54) is 28.1 Å². The summed E-state index contributed by atoms with van der Waals surface area (Å²) in [5.41, 5.74) is 6.09. The SMILES string of the molecule is CN(C)c1ccc(C(c2ccc(N(C)C)cc2)c2cccc(Oc3ccccc3)c2)cc1. The Labute approximate surface area is 191 Å². The van der Waals surface area contributed by atoms with Gasteiger partial charge in [0.2, 0.25) is 0 Å². The van der Waals surface area contributed by atoms with Crippen LogP contribution in [-0.2, 0) is 0 Å². The Bertz CT molecular complexity index is 1080. The number of hydrogen-bond donors (Lipinski definition) is 0. The van der Waals surface area contributed by atoms with Crippen LogP contribution in [0.15, 0.2) is 103 Å². The van der Waals surface area contributed by atoms with Gasteiger partial charge in [-0.15, -0.1) is 0 Å². The highest BCUT2D eigenvalue weighted by Crippen LogP contribution is 2.36. The van der Waals surface area contributed by atoms with Crippen molar-refractivity contribution in [1.82, 2.24) is 0 Å². The molecule has 0 fully saturated rings. The number of rotatable bonds is 7. The summed E-state index contributed by atoms with van der Waals surface area (Å²) in [6, 6.07) is 36.0. The van der Waals surface area contributed by atoms with Crippen LogP contribution in [0.1, 0.15) is 22.6 Å². The molecule has 0 bridgehead atoms. The lowest BCUT2D eigenvalue weighted by Gasteiger charge is -2.22. The van der Waals surface area contributed by atoms with Gasteiger partial charge in [-0.1, -0.05) is 54.6 Å². The minimum absolute atomic E-state index is 0.113. The lowest BCUT2D eigenvalue weighted by molar-refractivity contribution is 0.482. The first-order chi connectivity index (χ1) is 15.5. The number of benzene rings is 4. The third-order valence-electron chi connectivity index (χ3n) is 5.66. The van der Waals surface area contributed by atoms with Crippen molar-refractivity contribution in [3.63, 3.8) is 0 Å². The summed E-state index contributed by atoms with van der Waals surface area (Å²) >= 11 is 0. The molecule has 162 valence electrons. The molecule has 0 unspecified atom stereocenters. The van der Waals surface area contributed by atoms with Gasteiger partial charge < -0.3 is 14.5 Å². The molecule has 0 atom stereocenters. The van der Waals surface area contributed by atoms with Crippen LogP contribution in [0.25, 0.3) is 0 Å². The lowest BCUT2D eigenvalue weighted by Crippen LogP contribution is -2.10. The molecular weight excluding hydrogens is 392 g/mol. The second-order valence-corrected chi connectivity index (χ2v) is 8.39. The van der Waals surface area contributed by atoms with Gasteiger partial charge in [-0.3, -0.25) is 0 Å². The van der Waals surface area contributed by atoms with Crippen LogP contribution in [0.3, 0.4) is 0 Å². The number of hydrogen-bond acceptors (Lipinski definition) is 3. The molecule has 4 rings (SSSR count). The van der Waals surface area contributed by atoms with Crippen LogP contribution in [0, 0.1) is 0 Å². The quantitative estimate of drug-likeness (QED) is 0.305. The molecule has 0 spiro atoms. The van der Waals surface area contributed by atoms with E-state index in [2.05, 4.69) is 105 Å². The second-order valence-electron chi connectivity index (χ2n) is 8.39. The first kappa shape index (κ1) is 21.5. The van der Waals surface area contributed by atoms with Crippen molar-refractivity contribution < 1.29 is 4.74 Å². The molecule has 3 nitrogen and oxygen atoms in total. The Morgan fingerprint density at radius 2 is 1.00 bits per heavy atom. The van der Waals surface area contributed by atoms with Gasteiger partial charge in [0.05, 0.1) is 0 Å². The molecule has 0 saturated heterocycles. The van der Waals surface area contributed by atoms with Gasteiger partial charge in [0.25, 0.3) is 0 Å². The Morgan fingerprint density at radius 3 is 1.50 bits per heavy atom. The van der Waals surface area contributed by atoms with E-state index in [-0.39, 0.29) is 5.92 Å². The van der Waals surface area contributed by atoms with E-state index in [1.54, 1.807) is 0 Å². The standard InChI is InChI=1S/C29H30N2O/c1-30(2)25-17-13-22(14-18-25)29(23-15-19-26(20-16-23)31(3)4)24-9-8-12-28(21-24)32-27-10-6-5-7-11-27/h5-21,29H,1-4H3. The van der Waals surface area contributed by atoms with Crippen molar-refractivity contribution in [2.45, 2.75) is 5.92 Å². The summed E-state index contributed by atoms with van der Waals surface area (Å²) < 4.78 is 6.13. The van der Waals surface area contributed by atoms with Gasteiger partial charge in [-0.25, -0.2) is 0 Å². The summed E-state index contributed by atoms with van der Waals surface area (Å²) in [5, 5.41) is 0. The van der Waals surface area contributed by atoms with Crippen molar-refractivity contribution in [1.29, 1.82) is 0 Å². The zero-order valence-corrected chi connectivity index (χ0v) is 19.2. The molecule has 0 radical (unpaired) electrons. The number of anilines is 2. The molecule has 0 N–H and O–H groups in total. The van der Waals surface area contributed by atoms with Gasteiger partial charge in [0, 0.05) is 45.5 Å². The fourth-order valence-electron chi connectivity index (χ4n) is 3.89. The van der Waals surface area contributed by atoms with Crippen molar-refractivity contribution in [3.05, 3.63) is 120 Å². The zero-order chi connectivity index (χ0) is 22.5. The maximum absolute atomic E-state index is 6.13. The molecule has 0 amide bonds. The average molecular weight is 423 g/mol. The third-order valence-corrected chi connectivity index (χ3v) is 5.66. The van der Waals surface area contributed by atoms with E-state index in [1.807, 2.05) is 36.4 Å². The maximum Gasteiger partial charge on any atom is 0.127 e. The molecular formula is C29H30N2O. The monoisotopic (exact) mass is 422 g/mol. The number of para-hydroxylation sites is 1. The molecule has 0 aliphatic heterocycles. The molecule has 0 aromatic heterocycles. The molecule has 0 aliphatic rings. The number of nitrogens with zero attached hydrogens (tertiary/aromatic N) is 2. The summed E-state index contributed by atoms with van der Waals surface area (Å²) in [6.45, 7) is 0. The van der Waals surface area contributed by atoms with Crippen LogP contribution in [-0.4, -0.2) is 28.2 Å². The summed E-state index contributed by atoms with van der Waals surface area (Å²) in [5.74, 6) is 1.79. The van der Waals surface area contributed by atoms with Gasteiger partial charge in [0.15, 0.2) is 0 Å². The normalized spacial score (nSPS) is 10.8. The van der Waals surface area contributed by atoms with Crippen LogP contribution in [0.2, 0.25) is 0 Å². The van der Waals surface area contributed by atoms with E-state index in [0.29, 0.717) is 0 Å². The van der Waals surface area contributed by atoms with Crippen molar-refractivity contribution in [2.24, 2.45) is 0 Å². The minimum Gasteiger partial charge on any atom is -0.457 e. The molecule has 3 heteroatoms. The van der Waals surface area contributed by atoms with Gasteiger partial charge in [0.1, 0.15) is 11.5 Å². The molecule has 32 heavy (non-hydrogen) atoms. The topological polar surface area (TPSA) is 15.7 Å². The number of ether oxygens (including phenoxy) is 1. The van der Waals surface area contributed by atoms with E-state index >= 15 is 0 Å². The van der Waals surface area contributed by atoms with Gasteiger partial charge in [-0.05, 0) is 65.2 Å². The summed E-state index contributed by atoms with van der Waals surface area (Å²) in [7, 11) is 8.27.